The topological polar surface area (TPSA) is 47.0 Å². The third kappa shape index (κ3) is 3.04. The second kappa shape index (κ2) is 5.91. The van der Waals surface area contributed by atoms with E-state index in [9.17, 15) is 9.59 Å². The van der Waals surface area contributed by atoms with Gasteiger partial charge in [0.15, 0.2) is 12.1 Å². The maximum absolute atomic E-state index is 13.0. The van der Waals surface area contributed by atoms with Crippen molar-refractivity contribution in [2.24, 2.45) is 0 Å². The first kappa shape index (κ1) is 17.5. The number of benzene rings is 1. The molecule has 0 bridgehead atoms. The number of rotatable bonds is 3. The Bertz CT molecular complexity index is 845. The molecule has 0 amide bonds. The minimum absolute atomic E-state index is 0.0376. The lowest BCUT2D eigenvalue weighted by Gasteiger charge is -2.42. The van der Waals surface area contributed by atoms with Crippen molar-refractivity contribution >= 4 is 12.1 Å². The molecule has 25 heavy (non-hydrogen) atoms. The number of carbonyl (C=O) groups is 2. The molecule has 3 rings (SSSR count). The number of hydrogen-bond acceptors (Lipinski definition) is 3. The smallest absolute Gasteiger partial charge is 0.194 e. The molecule has 2 aromatic rings. The minimum atomic E-state index is -0.0376. The molecule has 0 saturated carbocycles. The number of ketones is 1. The summed E-state index contributed by atoms with van der Waals surface area (Å²) in [7, 11) is 0. The average molecular weight is 335 g/mol. The van der Waals surface area contributed by atoms with Gasteiger partial charge in [0.1, 0.15) is 5.69 Å². The largest absolute Gasteiger partial charge is 0.296 e. The quantitative estimate of drug-likeness (QED) is 0.599. The van der Waals surface area contributed by atoms with Gasteiger partial charge < -0.3 is 0 Å². The Hall–Kier alpha value is -2.29. The van der Waals surface area contributed by atoms with Gasteiger partial charge in [0.2, 0.25) is 0 Å². The van der Waals surface area contributed by atoms with E-state index in [1.807, 2.05) is 6.92 Å². The molecule has 0 saturated heterocycles. The van der Waals surface area contributed by atoms with Crippen LogP contribution < -0.4 is 0 Å². The highest BCUT2D eigenvalue weighted by molar-refractivity contribution is 6.10. The van der Waals surface area contributed by atoms with E-state index in [1.165, 1.54) is 17.3 Å². The van der Waals surface area contributed by atoms with E-state index >= 15 is 0 Å². The van der Waals surface area contributed by atoms with Crippen LogP contribution in [0.25, 0.3) is 0 Å². The molecule has 1 aromatic carbocycles. The molecule has 1 aliphatic rings. The molecule has 1 aliphatic carbocycles. The van der Waals surface area contributed by atoms with Gasteiger partial charge in [-0.15, -0.1) is 0 Å². The Kier molecular flexibility index (Phi) is 4.14. The normalized spacial score (nSPS) is 17.6. The van der Waals surface area contributed by atoms with Crippen molar-refractivity contribution in [3.05, 3.63) is 64.0 Å². The fraction of sp³-hybridized carbons (Fsp3) is 0.409. The monoisotopic (exact) mass is 335 g/mol. The molecule has 0 radical (unpaired) electrons. The highest BCUT2D eigenvalue weighted by atomic mass is 16.1. The molecule has 1 heterocycles. The standard InChI is InChI=1S/C22H25NO2/c1-14-10-18-19(22(4,5)9-8-21(18,2)3)11-17(14)20(25)15-6-7-16(13-24)23-12-15/h6-7,10-13H,8-9H2,1-5H3. The zero-order chi connectivity index (χ0) is 18.4. The second-order valence-corrected chi connectivity index (χ2v) is 8.40. The van der Waals surface area contributed by atoms with E-state index in [-0.39, 0.29) is 16.6 Å². The van der Waals surface area contributed by atoms with Gasteiger partial charge in [-0.05, 0) is 65.5 Å². The van der Waals surface area contributed by atoms with Crippen LogP contribution in [0.4, 0.5) is 0 Å². The molecule has 0 aliphatic heterocycles. The van der Waals surface area contributed by atoms with Crippen LogP contribution in [0, 0.1) is 6.92 Å². The van der Waals surface area contributed by atoms with Crippen molar-refractivity contribution in [1.82, 2.24) is 4.98 Å². The number of aldehydes is 1. The van der Waals surface area contributed by atoms with Gasteiger partial charge in [0, 0.05) is 17.3 Å². The van der Waals surface area contributed by atoms with E-state index < -0.39 is 0 Å². The Balaban J connectivity index is 2.11. The van der Waals surface area contributed by atoms with Gasteiger partial charge in [-0.1, -0.05) is 33.8 Å². The van der Waals surface area contributed by atoms with Gasteiger partial charge in [0.05, 0.1) is 0 Å². The highest BCUT2D eigenvalue weighted by Crippen LogP contribution is 2.46. The molecule has 0 spiro atoms. The number of fused-ring (bicyclic) bond motifs is 1. The molecular formula is C22H25NO2. The molecule has 0 atom stereocenters. The maximum Gasteiger partial charge on any atom is 0.194 e. The second-order valence-electron chi connectivity index (χ2n) is 8.40. The molecule has 3 heteroatoms. The average Bonchev–Trinajstić information content (AvgIpc) is 2.58. The first-order valence-electron chi connectivity index (χ1n) is 8.77. The summed E-state index contributed by atoms with van der Waals surface area (Å²) in [6.07, 6.45) is 4.43. The van der Waals surface area contributed by atoms with Crippen molar-refractivity contribution in [1.29, 1.82) is 0 Å². The molecule has 0 unspecified atom stereocenters. The third-order valence-corrected chi connectivity index (χ3v) is 5.61. The fourth-order valence-electron chi connectivity index (χ4n) is 3.73. The number of nitrogens with zero attached hydrogens (tertiary/aromatic N) is 1. The SMILES string of the molecule is Cc1cc2c(cc1C(=O)c1ccc(C=O)nc1)C(C)(C)CCC2(C)C. The van der Waals surface area contributed by atoms with Crippen LogP contribution in [0.5, 0.6) is 0 Å². The minimum Gasteiger partial charge on any atom is -0.296 e. The van der Waals surface area contributed by atoms with Gasteiger partial charge in [-0.25, -0.2) is 0 Å². The molecule has 130 valence electrons. The number of aromatic nitrogens is 1. The van der Waals surface area contributed by atoms with Crippen LogP contribution in [0.3, 0.4) is 0 Å². The predicted octanol–water partition coefficient (Wildman–Crippen LogP) is 4.78. The van der Waals surface area contributed by atoms with Crippen molar-refractivity contribution in [3.63, 3.8) is 0 Å². The van der Waals surface area contributed by atoms with E-state index in [0.29, 0.717) is 17.5 Å². The van der Waals surface area contributed by atoms with Gasteiger partial charge >= 0.3 is 0 Å². The van der Waals surface area contributed by atoms with Crippen molar-refractivity contribution in [3.8, 4) is 0 Å². The third-order valence-electron chi connectivity index (χ3n) is 5.61. The van der Waals surface area contributed by atoms with Crippen molar-refractivity contribution in [2.45, 2.75) is 58.3 Å². The van der Waals surface area contributed by atoms with E-state index in [0.717, 1.165) is 24.0 Å². The Morgan fingerprint density at radius 1 is 1.04 bits per heavy atom. The van der Waals surface area contributed by atoms with Crippen LogP contribution in [0.2, 0.25) is 0 Å². The van der Waals surface area contributed by atoms with Crippen LogP contribution in [-0.4, -0.2) is 17.1 Å². The summed E-state index contributed by atoms with van der Waals surface area (Å²) in [5, 5.41) is 0. The first-order valence-corrected chi connectivity index (χ1v) is 8.77. The van der Waals surface area contributed by atoms with Crippen LogP contribution in [0.15, 0.2) is 30.5 Å². The molecular weight excluding hydrogens is 310 g/mol. The summed E-state index contributed by atoms with van der Waals surface area (Å²) in [6.45, 7) is 11.1. The number of pyridine rings is 1. The van der Waals surface area contributed by atoms with Crippen molar-refractivity contribution in [2.75, 3.05) is 0 Å². The van der Waals surface area contributed by atoms with Gasteiger partial charge in [0.25, 0.3) is 0 Å². The Morgan fingerprint density at radius 2 is 1.64 bits per heavy atom. The Labute approximate surface area is 149 Å². The highest BCUT2D eigenvalue weighted by Gasteiger charge is 2.37. The van der Waals surface area contributed by atoms with Gasteiger partial charge in [-0.3, -0.25) is 14.6 Å². The lowest BCUT2D eigenvalue weighted by Crippen LogP contribution is -2.34. The number of carbonyl (C=O) groups excluding carboxylic acids is 2. The number of hydrogen-bond donors (Lipinski definition) is 0. The molecule has 0 fully saturated rings. The van der Waals surface area contributed by atoms with Crippen LogP contribution in [0.1, 0.15) is 83.6 Å². The van der Waals surface area contributed by atoms with Crippen molar-refractivity contribution < 1.29 is 9.59 Å². The van der Waals surface area contributed by atoms with Gasteiger partial charge in [-0.2, -0.15) is 0 Å². The van der Waals surface area contributed by atoms with E-state index in [2.05, 4.69) is 44.8 Å². The molecule has 0 N–H and O–H groups in total. The summed E-state index contributed by atoms with van der Waals surface area (Å²) in [6, 6.07) is 7.53. The first-order chi connectivity index (χ1) is 11.7. The van der Waals surface area contributed by atoms with E-state index in [4.69, 9.17) is 0 Å². The number of aryl methyl sites for hydroxylation is 1. The molecule has 3 nitrogen and oxygen atoms in total. The predicted molar refractivity (Wildman–Crippen MR) is 99.5 cm³/mol. The summed E-state index contributed by atoms with van der Waals surface area (Å²) >= 11 is 0. The maximum atomic E-state index is 13.0. The summed E-state index contributed by atoms with van der Waals surface area (Å²) in [5.41, 5.74) is 5.39. The summed E-state index contributed by atoms with van der Waals surface area (Å²) < 4.78 is 0. The Morgan fingerprint density at radius 3 is 2.16 bits per heavy atom. The zero-order valence-corrected chi connectivity index (χ0v) is 15.6. The van der Waals surface area contributed by atoms with E-state index in [1.54, 1.807) is 12.1 Å². The van der Waals surface area contributed by atoms with Crippen LogP contribution in [-0.2, 0) is 10.8 Å². The molecule has 1 aromatic heterocycles. The fourth-order valence-corrected chi connectivity index (χ4v) is 3.73. The lowest BCUT2D eigenvalue weighted by atomic mass is 9.62. The summed E-state index contributed by atoms with van der Waals surface area (Å²) in [4.78, 5) is 27.8. The van der Waals surface area contributed by atoms with Crippen LogP contribution >= 0.6 is 0 Å². The zero-order valence-electron chi connectivity index (χ0n) is 15.6. The summed E-state index contributed by atoms with van der Waals surface area (Å²) in [5.74, 6) is -0.0376. The lowest BCUT2D eigenvalue weighted by molar-refractivity contribution is 0.103.